The van der Waals surface area contributed by atoms with Crippen molar-refractivity contribution in [1.29, 1.82) is 0 Å². The summed E-state index contributed by atoms with van der Waals surface area (Å²) in [6.07, 6.45) is 1.68. The van der Waals surface area contributed by atoms with Crippen LogP contribution < -0.4 is 10.9 Å². The number of sulfonamides is 1. The highest BCUT2D eigenvalue weighted by Crippen LogP contribution is 2.27. The summed E-state index contributed by atoms with van der Waals surface area (Å²) in [6.45, 7) is 0.271. The zero-order valence-corrected chi connectivity index (χ0v) is 9.20. The first-order valence-electron chi connectivity index (χ1n) is 4.83. The highest BCUT2D eigenvalue weighted by Gasteiger charge is 2.28. The van der Waals surface area contributed by atoms with E-state index in [1.54, 1.807) is 0 Å². The molecule has 1 amide bonds. The molecular formula is C8H16N2O4S. The molecule has 0 aliphatic heterocycles. The Labute approximate surface area is 89.0 Å². The number of rotatable bonds is 3. The lowest BCUT2D eigenvalue weighted by atomic mass is 9.89. The second-order valence-corrected chi connectivity index (χ2v) is 5.71. The smallest absolute Gasteiger partial charge is 0.404 e. The van der Waals surface area contributed by atoms with E-state index in [1.165, 1.54) is 0 Å². The molecule has 0 saturated heterocycles. The third-order valence-corrected chi connectivity index (χ3v) is 4.12. The molecule has 0 bridgehead atoms. The highest BCUT2D eigenvalue weighted by atomic mass is 32.2. The van der Waals surface area contributed by atoms with Crippen LogP contribution >= 0.6 is 0 Å². The van der Waals surface area contributed by atoms with Gasteiger partial charge >= 0.3 is 6.09 Å². The van der Waals surface area contributed by atoms with Crippen molar-refractivity contribution in [1.82, 2.24) is 0 Å². The van der Waals surface area contributed by atoms with Gasteiger partial charge in [0, 0.05) is 0 Å². The van der Waals surface area contributed by atoms with E-state index in [4.69, 9.17) is 10.9 Å². The molecule has 1 aliphatic carbocycles. The first-order valence-corrected chi connectivity index (χ1v) is 6.44. The van der Waals surface area contributed by atoms with Gasteiger partial charge in [0.1, 0.15) is 0 Å². The average Bonchev–Trinajstić information content (AvgIpc) is 2.14. The second kappa shape index (κ2) is 4.80. The summed E-state index contributed by atoms with van der Waals surface area (Å²) in [5, 5.41) is 4.60. The predicted molar refractivity (Wildman–Crippen MR) is 54.4 cm³/mol. The zero-order chi connectivity index (χ0) is 11.5. The molecule has 15 heavy (non-hydrogen) atoms. The fraction of sp³-hybridized carbons (Fsp3) is 0.875. The van der Waals surface area contributed by atoms with Crippen LogP contribution in [0.3, 0.4) is 0 Å². The minimum absolute atomic E-state index is 0.204. The highest BCUT2D eigenvalue weighted by molar-refractivity contribution is 7.89. The van der Waals surface area contributed by atoms with Gasteiger partial charge in [-0.3, -0.25) is 0 Å². The molecular weight excluding hydrogens is 220 g/mol. The van der Waals surface area contributed by atoms with Gasteiger partial charge in [-0.1, -0.05) is 0 Å². The number of carbonyl (C=O) groups excluding carboxylic acids is 1. The van der Waals surface area contributed by atoms with E-state index in [1.807, 2.05) is 0 Å². The Kier molecular flexibility index (Phi) is 3.92. The Balaban J connectivity index is 2.33. The monoisotopic (exact) mass is 236 g/mol. The van der Waals surface area contributed by atoms with Crippen molar-refractivity contribution in [2.24, 2.45) is 16.8 Å². The molecule has 4 N–H and O–H groups in total. The number of nitrogens with two attached hydrogens (primary N) is 2. The lowest BCUT2D eigenvalue weighted by Crippen LogP contribution is -2.33. The summed E-state index contributed by atoms with van der Waals surface area (Å²) in [6, 6.07) is 0. The Morgan fingerprint density at radius 1 is 1.27 bits per heavy atom. The van der Waals surface area contributed by atoms with Crippen molar-refractivity contribution in [2.75, 3.05) is 6.61 Å². The normalized spacial score (nSPS) is 27.3. The average molecular weight is 236 g/mol. The van der Waals surface area contributed by atoms with Crippen LogP contribution in [0, 0.1) is 5.92 Å². The van der Waals surface area contributed by atoms with Crippen molar-refractivity contribution in [3.63, 3.8) is 0 Å². The lowest BCUT2D eigenvalue weighted by Gasteiger charge is -2.26. The zero-order valence-electron chi connectivity index (χ0n) is 8.39. The van der Waals surface area contributed by atoms with Crippen LogP contribution in [0.5, 0.6) is 0 Å². The summed E-state index contributed by atoms with van der Waals surface area (Å²) in [5.41, 5.74) is 4.83. The van der Waals surface area contributed by atoms with Crippen molar-refractivity contribution < 1.29 is 17.9 Å². The van der Waals surface area contributed by atoms with Crippen molar-refractivity contribution in [3.8, 4) is 0 Å². The Hall–Kier alpha value is -0.820. The maximum absolute atomic E-state index is 11.0. The molecule has 0 aromatic heterocycles. The molecule has 0 aromatic carbocycles. The number of hydrogen-bond acceptors (Lipinski definition) is 4. The van der Waals surface area contributed by atoms with Crippen LogP contribution in [0.4, 0.5) is 4.79 Å². The van der Waals surface area contributed by atoms with Crippen LogP contribution in [0.15, 0.2) is 0 Å². The number of hydrogen-bond donors (Lipinski definition) is 2. The van der Waals surface area contributed by atoms with Crippen molar-refractivity contribution in [3.05, 3.63) is 0 Å². The number of amides is 1. The molecule has 1 fully saturated rings. The Bertz CT molecular complexity index is 320. The SMILES string of the molecule is NC(=O)OC[C@H]1CC[C@H](S(N)(=O)=O)CC1. The van der Waals surface area contributed by atoms with Gasteiger partial charge in [-0.25, -0.2) is 18.4 Å². The molecule has 6 nitrogen and oxygen atoms in total. The fourth-order valence-electron chi connectivity index (χ4n) is 1.83. The first kappa shape index (κ1) is 12.3. The third kappa shape index (κ3) is 4.05. The molecule has 1 rings (SSSR count). The summed E-state index contributed by atoms with van der Waals surface area (Å²) >= 11 is 0. The lowest BCUT2D eigenvalue weighted by molar-refractivity contribution is 0.125. The van der Waals surface area contributed by atoms with E-state index >= 15 is 0 Å². The Morgan fingerprint density at radius 2 is 1.80 bits per heavy atom. The topological polar surface area (TPSA) is 112 Å². The summed E-state index contributed by atoms with van der Waals surface area (Å²) < 4.78 is 26.7. The first-order chi connectivity index (χ1) is 6.89. The molecule has 0 spiro atoms. The molecule has 0 aromatic rings. The van der Waals surface area contributed by atoms with Gasteiger partial charge in [-0.2, -0.15) is 0 Å². The van der Waals surface area contributed by atoms with Gasteiger partial charge in [-0.05, 0) is 31.6 Å². The predicted octanol–water partition coefficient (Wildman–Crippen LogP) is -0.0710. The molecule has 88 valence electrons. The minimum atomic E-state index is -3.41. The Morgan fingerprint density at radius 3 is 2.20 bits per heavy atom. The summed E-state index contributed by atoms with van der Waals surface area (Å²) in [5.74, 6) is 0.204. The van der Waals surface area contributed by atoms with Gasteiger partial charge in [0.2, 0.25) is 10.0 Å². The standard InChI is InChI=1S/C8H16N2O4S/c9-8(11)14-5-6-1-3-7(4-2-6)15(10,12)13/h6-7H,1-5H2,(H2,9,11)(H2,10,12,13)/t6-,7-. The molecule has 0 heterocycles. The van der Waals surface area contributed by atoms with E-state index in [0.717, 1.165) is 0 Å². The minimum Gasteiger partial charge on any atom is -0.449 e. The molecule has 0 radical (unpaired) electrons. The molecule has 1 saturated carbocycles. The van der Waals surface area contributed by atoms with Gasteiger partial charge in [0.05, 0.1) is 11.9 Å². The number of primary sulfonamides is 1. The van der Waals surface area contributed by atoms with Gasteiger partial charge in [0.25, 0.3) is 0 Å². The van der Waals surface area contributed by atoms with Gasteiger partial charge in [0.15, 0.2) is 0 Å². The quantitative estimate of drug-likeness (QED) is 0.714. The van der Waals surface area contributed by atoms with Gasteiger partial charge < -0.3 is 10.5 Å². The molecule has 1 aliphatic rings. The van der Waals surface area contributed by atoms with Crippen molar-refractivity contribution >= 4 is 16.1 Å². The second-order valence-electron chi connectivity index (χ2n) is 3.86. The number of carbonyl (C=O) groups is 1. The van der Waals surface area contributed by atoms with Crippen molar-refractivity contribution in [2.45, 2.75) is 30.9 Å². The van der Waals surface area contributed by atoms with Crippen LogP contribution in [-0.2, 0) is 14.8 Å². The van der Waals surface area contributed by atoms with Crippen LogP contribution in [0.2, 0.25) is 0 Å². The van der Waals surface area contributed by atoms with E-state index in [9.17, 15) is 13.2 Å². The summed E-state index contributed by atoms with van der Waals surface area (Å²) in [4.78, 5) is 10.3. The number of primary amides is 1. The molecule has 7 heteroatoms. The van der Waals surface area contributed by atoms with Crippen LogP contribution in [0.1, 0.15) is 25.7 Å². The van der Waals surface area contributed by atoms with E-state index in [0.29, 0.717) is 25.7 Å². The molecule has 0 atom stereocenters. The van der Waals surface area contributed by atoms with E-state index in [2.05, 4.69) is 4.74 Å². The van der Waals surface area contributed by atoms with E-state index in [-0.39, 0.29) is 12.5 Å². The van der Waals surface area contributed by atoms with Crippen LogP contribution in [-0.4, -0.2) is 26.4 Å². The van der Waals surface area contributed by atoms with E-state index < -0.39 is 21.4 Å². The van der Waals surface area contributed by atoms with Crippen LogP contribution in [0.25, 0.3) is 0 Å². The number of ether oxygens (including phenoxy) is 1. The largest absolute Gasteiger partial charge is 0.449 e. The maximum atomic E-state index is 11.0. The molecule has 0 unspecified atom stereocenters. The van der Waals surface area contributed by atoms with Gasteiger partial charge in [-0.15, -0.1) is 0 Å². The fourth-order valence-corrected chi connectivity index (χ4v) is 2.76. The summed E-state index contributed by atoms with van der Waals surface area (Å²) in [7, 11) is -3.41. The maximum Gasteiger partial charge on any atom is 0.404 e. The third-order valence-electron chi connectivity index (χ3n) is 2.72.